The first-order valence-electron chi connectivity index (χ1n) is 9.70. The fourth-order valence-corrected chi connectivity index (χ4v) is 5.56. The molecule has 5 nitrogen and oxygen atoms in total. The van der Waals surface area contributed by atoms with Crippen LogP contribution in [0.2, 0.25) is 10.0 Å². The standard InChI is InChI=1S/C23H19Cl2FN2O3S/c1-13(2)28-19-6-4-3-5-17(19)21(14-7-9-16(26)10-8-14)23(28)27-32(30,31)20-12-15(24)11-18(25)22(20)29/h3-13,27,29H,1-2H3. The first kappa shape index (κ1) is 22.5. The zero-order chi connectivity index (χ0) is 23.2. The average molecular weight is 493 g/mol. The molecule has 0 aliphatic rings. The Balaban J connectivity index is 2.01. The maximum absolute atomic E-state index is 13.6. The molecule has 4 rings (SSSR count). The Morgan fingerprint density at radius 2 is 1.69 bits per heavy atom. The highest BCUT2D eigenvalue weighted by Gasteiger charge is 2.27. The molecule has 0 amide bonds. The van der Waals surface area contributed by atoms with Crippen LogP contribution in [0, 0.1) is 5.82 Å². The highest BCUT2D eigenvalue weighted by Crippen LogP contribution is 2.42. The molecule has 3 aromatic carbocycles. The number of phenols is 1. The molecule has 4 aromatic rings. The smallest absolute Gasteiger partial charge is 0.266 e. The SMILES string of the molecule is CC(C)n1c(NS(=O)(=O)c2cc(Cl)cc(Cl)c2O)c(-c2ccc(F)cc2)c2ccccc21. The number of aromatic hydroxyl groups is 1. The molecular formula is C23H19Cl2FN2O3S. The summed E-state index contributed by atoms with van der Waals surface area (Å²) < 4.78 is 44.8. The molecule has 0 radical (unpaired) electrons. The fourth-order valence-electron chi connectivity index (χ4n) is 3.74. The van der Waals surface area contributed by atoms with Crippen molar-refractivity contribution < 1.29 is 17.9 Å². The number of phenolic OH excluding ortho intramolecular Hbond substituents is 1. The molecule has 0 saturated carbocycles. The van der Waals surface area contributed by atoms with Crippen LogP contribution in [-0.2, 0) is 10.0 Å². The minimum absolute atomic E-state index is 0.0661. The van der Waals surface area contributed by atoms with Gasteiger partial charge in [0.05, 0.1) is 10.5 Å². The van der Waals surface area contributed by atoms with Gasteiger partial charge in [0.15, 0.2) is 5.75 Å². The molecule has 0 unspecified atom stereocenters. The lowest BCUT2D eigenvalue weighted by molar-refractivity contribution is 0.459. The minimum Gasteiger partial charge on any atom is -0.505 e. The molecule has 2 N–H and O–H groups in total. The van der Waals surface area contributed by atoms with Gasteiger partial charge >= 0.3 is 0 Å². The van der Waals surface area contributed by atoms with E-state index in [1.54, 1.807) is 12.1 Å². The lowest BCUT2D eigenvalue weighted by atomic mass is 10.0. The molecule has 0 bridgehead atoms. The predicted octanol–water partition coefficient (Wildman–Crippen LogP) is 6.84. The number of hydrogen-bond acceptors (Lipinski definition) is 3. The van der Waals surface area contributed by atoms with E-state index in [1.165, 1.54) is 18.2 Å². The van der Waals surface area contributed by atoms with Crippen LogP contribution >= 0.6 is 23.2 Å². The summed E-state index contributed by atoms with van der Waals surface area (Å²) in [5.74, 6) is -0.718. The highest BCUT2D eigenvalue weighted by atomic mass is 35.5. The van der Waals surface area contributed by atoms with Crippen molar-refractivity contribution in [3.63, 3.8) is 0 Å². The average Bonchev–Trinajstić information content (AvgIpc) is 3.04. The van der Waals surface area contributed by atoms with E-state index in [-0.39, 0.29) is 21.9 Å². The molecule has 0 saturated heterocycles. The van der Waals surface area contributed by atoms with E-state index in [9.17, 15) is 17.9 Å². The monoisotopic (exact) mass is 492 g/mol. The largest absolute Gasteiger partial charge is 0.505 e. The second-order valence-corrected chi connectivity index (χ2v) is 10.0. The van der Waals surface area contributed by atoms with Gasteiger partial charge in [0, 0.05) is 22.0 Å². The molecular weight excluding hydrogens is 474 g/mol. The number of para-hydroxylation sites is 1. The van der Waals surface area contributed by atoms with Gasteiger partial charge in [-0.15, -0.1) is 0 Å². The minimum atomic E-state index is -4.30. The maximum Gasteiger partial charge on any atom is 0.266 e. The van der Waals surface area contributed by atoms with E-state index >= 15 is 0 Å². The van der Waals surface area contributed by atoms with Gasteiger partial charge in [0.25, 0.3) is 10.0 Å². The number of benzene rings is 3. The van der Waals surface area contributed by atoms with E-state index < -0.39 is 26.5 Å². The summed E-state index contributed by atoms with van der Waals surface area (Å²) in [5.41, 5.74) is 2.02. The van der Waals surface area contributed by atoms with Crippen LogP contribution in [-0.4, -0.2) is 18.1 Å². The summed E-state index contributed by atoms with van der Waals surface area (Å²) in [6.45, 7) is 3.85. The first-order valence-corrected chi connectivity index (χ1v) is 11.9. The molecule has 1 heterocycles. The summed E-state index contributed by atoms with van der Waals surface area (Å²) in [5, 5.41) is 11.0. The third kappa shape index (κ3) is 3.92. The van der Waals surface area contributed by atoms with Crippen LogP contribution in [0.3, 0.4) is 0 Å². The van der Waals surface area contributed by atoms with Crippen LogP contribution in [0.4, 0.5) is 10.2 Å². The molecule has 0 aliphatic heterocycles. The van der Waals surface area contributed by atoms with Crippen molar-refractivity contribution in [3.8, 4) is 16.9 Å². The van der Waals surface area contributed by atoms with Crippen LogP contribution in [0.25, 0.3) is 22.0 Å². The van der Waals surface area contributed by atoms with Crippen LogP contribution in [0.15, 0.2) is 65.6 Å². The number of rotatable bonds is 5. The van der Waals surface area contributed by atoms with Crippen molar-refractivity contribution in [1.29, 1.82) is 0 Å². The Kier molecular flexibility index (Phi) is 5.83. The molecule has 0 atom stereocenters. The zero-order valence-electron chi connectivity index (χ0n) is 17.1. The summed E-state index contributed by atoms with van der Waals surface area (Å²) in [6.07, 6.45) is 0. The molecule has 0 spiro atoms. The third-order valence-corrected chi connectivity index (χ3v) is 6.93. The van der Waals surface area contributed by atoms with E-state index in [1.807, 2.05) is 42.7 Å². The second kappa shape index (κ2) is 8.31. The van der Waals surface area contributed by atoms with Gasteiger partial charge in [0.2, 0.25) is 0 Å². The Morgan fingerprint density at radius 3 is 2.34 bits per heavy atom. The van der Waals surface area contributed by atoms with Gasteiger partial charge in [-0.3, -0.25) is 4.72 Å². The Labute approximate surface area is 195 Å². The molecule has 0 fully saturated rings. The van der Waals surface area contributed by atoms with Gasteiger partial charge in [-0.2, -0.15) is 0 Å². The van der Waals surface area contributed by atoms with Crippen molar-refractivity contribution in [2.24, 2.45) is 0 Å². The van der Waals surface area contributed by atoms with Gasteiger partial charge in [-0.1, -0.05) is 53.5 Å². The molecule has 9 heteroatoms. The maximum atomic E-state index is 13.6. The van der Waals surface area contributed by atoms with E-state index in [2.05, 4.69) is 4.72 Å². The Bertz CT molecular complexity index is 1430. The van der Waals surface area contributed by atoms with Crippen molar-refractivity contribution >= 4 is 49.9 Å². The number of hydrogen-bond donors (Lipinski definition) is 2. The summed E-state index contributed by atoms with van der Waals surface area (Å²) in [7, 11) is -4.30. The zero-order valence-corrected chi connectivity index (χ0v) is 19.4. The predicted molar refractivity (Wildman–Crippen MR) is 127 cm³/mol. The highest BCUT2D eigenvalue weighted by molar-refractivity contribution is 7.92. The normalized spacial score (nSPS) is 11.9. The number of anilines is 1. The summed E-state index contributed by atoms with van der Waals surface area (Å²) in [6, 6.07) is 15.5. The van der Waals surface area contributed by atoms with Crippen LogP contribution < -0.4 is 4.72 Å². The Morgan fingerprint density at radius 1 is 1.03 bits per heavy atom. The van der Waals surface area contributed by atoms with Crippen LogP contribution in [0.5, 0.6) is 5.75 Å². The van der Waals surface area contributed by atoms with Gasteiger partial charge in [-0.05, 0) is 49.7 Å². The van der Waals surface area contributed by atoms with E-state index in [0.717, 1.165) is 17.0 Å². The molecule has 1 aromatic heterocycles. The van der Waals surface area contributed by atoms with Crippen molar-refractivity contribution in [2.75, 3.05) is 4.72 Å². The van der Waals surface area contributed by atoms with Gasteiger partial charge in [0.1, 0.15) is 16.5 Å². The number of sulfonamides is 1. The third-order valence-electron chi connectivity index (χ3n) is 5.07. The number of aromatic nitrogens is 1. The van der Waals surface area contributed by atoms with Crippen LogP contribution in [0.1, 0.15) is 19.9 Å². The van der Waals surface area contributed by atoms with Crippen molar-refractivity contribution in [2.45, 2.75) is 24.8 Å². The molecule has 0 aliphatic carbocycles. The van der Waals surface area contributed by atoms with Crippen molar-refractivity contribution in [1.82, 2.24) is 4.57 Å². The number of nitrogens with one attached hydrogen (secondary N) is 1. The molecule has 32 heavy (non-hydrogen) atoms. The summed E-state index contributed by atoms with van der Waals surface area (Å²) in [4.78, 5) is -0.444. The fraction of sp³-hybridized carbons (Fsp3) is 0.130. The van der Waals surface area contributed by atoms with Crippen molar-refractivity contribution in [3.05, 3.63) is 76.5 Å². The number of halogens is 3. The van der Waals surface area contributed by atoms with E-state index in [0.29, 0.717) is 11.1 Å². The number of nitrogens with zero attached hydrogens (tertiary/aromatic N) is 1. The van der Waals surface area contributed by atoms with E-state index in [4.69, 9.17) is 23.2 Å². The lowest BCUT2D eigenvalue weighted by Gasteiger charge is -2.18. The summed E-state index contributed by atoms with van der Waals surface area (Å²) >= 11 is 11.9. The lowest BCUT2D eigenvalue weighted by Crippen LogP contribution is -2.17. The number of fused-ring (bicyclic) bond motifs is 1. The Hall–Kier alpha value is -2.74. The second-order valence-electron chi connectivity index (χ2n) is 7.55. The quantitative estimate of drug-likeness (QED) is 0.320. The van der Waals surface area contributed by atoms with Gasteiger partial charge < -0.3 is 9.67 Å². The molecule has 166 valence electrons. The topological polar surface area (TPSA) is 71.3 Å². The van der Waals surface area contributed by atoms with Gasteiger partial charge in [-0.25, -0.2) is 12.8 Å². The first-order chi connectivity index (χ1) is 15.1.